The third-order valence-electron chi connectivity index (χ3n) is 5.30. The summed E-state index contributed by atoms with van der Waals surface area (Å²) in [5, 5.41) is 0. The highest BCUT2D eigenvalue weighted by atomic mass is 32.2. The summed E-state index contributed by atoms with van der Waals surface area (Å²) in [5.41, 5.74) is 2.36. The molecule has 2 aromatic carbocycles. The molecule has 6 heteroatoms. The number of methoxy groups -OCH3 is 1. The van der Waals surface area contributed by atoms with Crippen molar-refractivity contribution < 1.29 is 13.2 Å². The molecule has 28 heavy (non-hydrogen) atoms. The van der Waals surface area contributed by atoms with Gasteiger partial charge in [-0.05, 0) is 54.3 Å². The fourth-order valence-electron chi connectivity index (χ4n) is 3.51. The van der Waals surface area contributed by atoms with Crippen molar-refractivity contribution in [2.24, 2.45) is 0 Å². The summed E-state index contributed by atoms with van der Waals surface area (Å²) in [6, 6.07) is 15.4. The zero-order chi connectivity index (χ0) is 20.1. The van der Waals surface area contributed by atoms with Crippen LogP contribution in [0.4, 0.5) is 0 Å². The fourth-order valence-corrected chi connectivity index (χ4v) is 4.98. The molecule has 0 spiro atoms. The van der Waals surface area contributed by atoms with E-state index in [9.17, 15) is 8.42 Å². The van der Waals surface area contributed by atoms with Crippen molar-refractivity contribution in [2.45, 2.75) is 37.6 Å². The average Bonchev–Trinajstić information content (AvgIpc) is 2.95. The molecule has 0 aliphatic carbocycles. The molecule has 1 fully saturated rings. The van der Waals surface area contributed by atoms with Gasteiger partial charge in [0, 0.05) is 26.2 Å². The van der Waals surface area contributed by atoms with Crippen molar-refractivity contribution in [1.29, 1.82) is 0 Å². The molecular formula is C22H30N2O3S. The SMILES string of the molecule is COc1ccc(CN2CCCN(S(=O)(=O)c3ccc(C(C)C)cc3)CC2)cc1. The molecule has 1 aliphatic heterocycles. The Hall–Kier alpha value is -1.89. The number of ether oxygens (including phenoxy) is 1. The van der Waals surface area contributed by atoms with E-state index in [1.54, 1.807) is 23.5 Å². The molecule has 2 aromatic rings. The lowest BCUT2D eigenvalue weighted by Crippen LogP contribution is -2.35. The molecule has 0 atom stereocenters. The highest BCUT2D eigenvalue weighted by Gasteiger charge is 2.27. The summed E-state index contributed by atoms with van der Waals surface area (Å²) in [5.74, 6) is 1.24. The van der Waals surface area contributed by atoms with E-state index >= 15 is 0 Å². The molecule has 0 radical (unpaired) electrons. The average molecular weight is 403 g/mol. The standard InChI is InChI=1S/C22H30N2O3S/c1-18(2)20-7-11-22(12-8-20)28(25,26)24-14-4-13-23(15-16-24)17-19-5-9-21(27-3)10-6-19/h5-12,18H,4,13-17H2,1-3H3. The largest absolute Gasteiger partial charge is 0.497 e. The Labute approximate surface area is 169 Å². The maximum absolute atomic E-state index is 13.1. The molecule has 0 saturated carbocycles. The second-order valence-corrected chi connectivity index (χ2v) is 9.54. The van der Waals surface area contributed by atoms with Crippen LogP contribution in [0.3, 0.4) is 0 Å². The Morgan fingerprint density at radius 2 is 1.61 bits per heavy atom. The molecule has 0 amide bonds. The summed E-state index contributed by atoms with van der Waals surface area (Å²) < 4.78 is 32.9. The number of nitrogens with zero attached hydrogens (tertiary/aromatic N) is 2. The molecule has 0 bridgehead atoms. The molecule has 1 heterocycles. The van der Waals surface area contributed by atoms with Crippen LogP contribution in [0.2, 0.25) is 0 Å². The van der Waals surface area contributed by atoms with E-state index in [0.717, 1.165) is 37.4 Å². The van der Waals surface area contributed by atoms with Crippen LogP contribution in [0.25, 0.3) is 0 Å². The summed E-state index contributed by atoms with van der Waals surface area (Å²) in [7, 11) is -1.78. The fraction of sp³-hybridized carbons (Fsp3) is 0.455. The van der Waals surface area contributed by atoms with E-state index in [4.69, 9.17) is 4.74 Å². The van der Waals surface area contributed by atoms with Gasteiger partial charge in [-0.25, -0.2) is 8.42 Å². The van der Waals surface area contributed by atoms with E-state index in [0.29, 0.717) is 23.9 Å². The van der Waals surface area contributed by atoms with E-state index in [1.807, 2.05) is 24.3 Å². The van der Waals surface area contributed by atoms with E-state index in [-0.39, 0.29) is 0 Å². The first-order valence-electron chi connectivity index (χ1n) is 9.85. The van der Waals surface area contributed by atoms with Crippen LogP contribution in [-0.2, 0) is 16.6 Å². The molecular weight excluding hydrogens is 372 g/mol. The number of benzene rings is 2. The van der Waals surface area contributed by atoms with Crippen LogP contribution in [0.15, 0.2) is 53.4 Å². The smallest absolute Gasteiger partial charge is 0.243 e. The predicted molar refractivity (Wildman–Crippen MR) is 112 cm³/mol. The Morgan fingerprint density at radius 1 is 0.929 bits per heavy atom. The van der Waals surface area contributed by atoms with Gasteiger partial charge in [-0.1, -0.05) is 38.1 Å². The number of sulfonamides is 1. The lowest BCUT2D eigenvalue weighted by atomic mass is 10.0. The second kappa shape index (κ2) is 9.07. The van der Waals surface area contributed by atoms with E-state index < -0.39 is 10.0 Å². The van der Waals surface area contributed by atoms with Crippen LogP contribution in [0.1, 0.15) is 37.3 Å². The molecule has 5 nitrogen and oxygen atoms in total. The quantitative estimate of drug-likeness (QED) is 0.739. The van der Waals surface area contributed by atoms with Gasteiger partial charge in [0.1, 0.15) is 5.75 Å². The molecule has 0 unspecified atom stereocenters. The first-order valence-corrected chi connectivity index (χ1v) is 11.3. The molecule has 1 aliphatic rings. The third-order valence-corrected chi connectivity index (χ3v) is 7.21. The summed E-state index contributed by atoms with van der Waals surface area (Å²) in [4.78, 5) is 2.71. The monoisotopic (exact) mass is 402 g/mol. The van der Waals surface area contributed by atoms with Gasteiger partial charge in [0.25, 0.3) is 0 Å². The highest BCUT2D eigenvalue weighted by Crippen LogP contribution is 2.22. The van der Waals surface area contributed by atoms with Crippen molar-refractivity contribution >= 4 is 10.0 Å². The first-order chi connectivity index (χ1) is 13.4. The maximum atomic E-state index is 13.1. The van der Waals surface area contributed by atoms with Crippen molar-refractivity contribution in [1.82, 2.24) is 9.21 Å². The van der Waals surface area contributed by atoms with Crippen molar-refractivity contribution in [3.63, 3.8) is 0 Å². The van der Waals surface area contributed by atoms with Crippen molar-refractivity contribution in [3.05, 3.63) is 59.7 Å². The van der Waals surface area contributed by atoms with Gasteiger partial charge in [-0.15, -0.1) is 0 Å². The van der Waals surface area contributed by atoms with Gasteiger partial charge in [0.05, 0.1) is 12.0 Å². The molecule has 152 valence electrons. The maximum Gasteiger partial charge on any atom is 0.243 e. The number of rotatable bonds is 6. The minimum atomic E-state index is -3.44. The minimum absolute atomic E-state index is 0.389. The Bertz CT molecular complexity index is 862. The van der Waals surface area contributed by atoms with Gasteiger partial charge in [0.15, 0.2) is 0 Å². The van der Waals surface area contributed by atoms with Gasteiger partial charge >= 0.3 is 0 Å². The molecule has 1 saturated heterocycles. The zero-order valence-electron chi connectivity index (χ0n) is 17.0. The Morgan fingerprint density at radius 3 is 2.21 bits per heavy atom. The second-order valence-electron chi connectivity index (χ2n) is 7.61. The van der Waals surface area contributed by atoms with Crippen LogP contribution in [0, 0.1) is 0 Å². The van der Waals surface area contributed by atoms with Crippen LogP contribution >= 0.6 is 0 Å². The summed E-state index contributed by atoms with van der Waals surface area (Å²) >= 11 is 0. The van der Waals surface area contributed by atoms with Crippen LogP contribution in [-0.4, -0.2) is 50.9 Å². The topological polar surface area (TPSA) is 49.9 Å². The lowest BCUT2D eigenvalue weighted by molar-refractivity contribution is 0.278. The van der Waals surface area contributed by atoms with E-state index in [2.05, 4.69) is 30.9 Å². The normalized spacial score (nSPS) is 16.9. The number of hydrogen-bond acceptors (Lipinski definition) is 4. The Kier molecular flexibility index (Phi) is 6.75. The predicted octanol–water partition coefficient (Wildman–Crippen LogP) is 3.72. The van der Waals surface area contributed by atoms with Gasteiger partial charge in [-0.3, -0.25) is 4.90 Å². The molecule has 3 rings (SSSR count). The zero-order valence-corrected chi connectivity index (χ0v) is 17.8. The molecule has 0 aromatic heterocycles. The Balaban J connectivity index is 1.64. The third kappa shape index (κ3) is 4.93. The van der Waals surface area contributed by atoms with Crippen molar-refractivity contribution in [2.75, 3.05) is 33.3 Å². The first kappa shape index (κ1) is 20.8. The molecule has 0 N–H and O–H groups in total. The van der Waals surface area contributed by atoms with Crippen molar-refractivity contribution in [3.8, 4) is 5.75 Å². The number of hydrogen-bond donors (Lipinski definition) is 0. The lowest BCUT2D eigenvalue weighted by Gasteiger charge is -2.22. The van der Waals surface area contributed by atoms with Gasteiger partial charge in [0.2, 0.25) is 10.0 Å². The summed E-state index contributed by atoms with van der Waals surface area (Å²) in [6.45, 7) is 7.74. The van der Waals surface area contributed by atoms with Gasteiger partial charge in [-0.2, -0.15) is 4.31 Å². The highest BCUT2D eigenvalue weighted by molar-refractivity contribution is 7.89. The van der Waals surface area contributed by atoms with Gasteiger partial charge < -0.3 is 4.74 Å². The van der Waals surface area contributed by atoms with E-state index in [1.165, 1.54) is 5.56 Å². The minimum Gasteiger partial charge on any atom is -0.497 e. The summed E-state index contributed by atoms with van der Waals surface area (Å²) in [6.07, 6.45) is 0.833. The van der Waals surface area contributed by atoms with Crippen LogP contribution in [0.5, 0.6) is 5.75 Å². The van der Waals surface area contributed by atoms with Crippen LogP contribution < -0.4 is 4.74 Å².